The summed E-state index contributed by atoms with van der Waals surface area (Å²) in [6, 6.07) is 10.3. The molecule has 1 aromatic rings. The second-order valence-corrected chi connectivity index (χ2v) is 8.99. The van der Waals surface area contributed by atoms with Gasteiger partial charge in [0, 0.05) is 25.1 Å². The van der Waals surface area contributed by atoms with Crippen molar-refractivity contribution in [3.63, 3.8) is 0 Å². The zero-order valence-electron chi connectivity index (χ0n) is 18.1. The highest BCUT2D eigenvalue weighted by Gasteiger charge is 2.61. The highest BCUT2D eigenvalue weighted by Crippen LogP contribution is 2.57. The maximum absolute atomic E-state index is 6.33. The van der Waals surface area contributed by atoms with Crippen LogP contribution in [0.1, 0.15) is 44.6 Å². The monoisotopic (exact) mass is 397 g/mol. The number of rotatable bonds is 9. The lowest BCUT2D eigenvalue weighted by molar-refractivity contribution is 0.0350. The van der Waals surface area contributed by atoms with Crippen LogP contribution in [0.4, 0.5) is 0 Å². The number of hydrogen-bond acceptors (Lipinski definition) is 4. The predicted molar refractivity (Wildman–Crippen MR) is 115 cm³/mol. The van der Waals surface area contributed by atoms with E-state index in [1.807, 2.05) is 18.2 Å². The largest absolute Gasteiger partial charge is 0.494 e. The highest BCUT2D eigenvalue weighted by atomic mass is 16.6. The summed E-state index contributed by atoms with van der Waals surface area (Å²) in [7, 11) is 3.51. The van der Waals surface area contributed by atoms with Crippen molar-refractivity contribution >= 4 is 0 Å². The van der Waals surface area contributed by atoms with Crippen LogP contribution in [0.5, 0.6) is 0 Å². The minimum atomic E-state index is -0.330. The predicted octanol–water partition coefficient (Wildman–Crippen LogP) is 4.82. The number of fused-ring (bicyclic) bond motifs is 1. The molecule has 4 nitrogen and oxygen atoms in total. The molecule has 158 valence electrons. The zero-order valence-corrected chi connectivity index (χ0v) is 18.1. The number of nitrogens with one attached hydrogen (secondary N) is 1. The van der Waals surface area contributed by atoms with E-state index in [0.29, 0.717) is 12.5 Å². The molecule has 2 saturated carbocycles. The van der Waals surface area contributed by atoms with Gasteiger partial charge in [-0.05, 0) is 43.2 Å². The van der Waals surface area contributed by atoms with E-state index in [-0.39, 0.29) is 5.60 Å². The first-order valence-electron chi connectivity index (χ1n) is 11.1. The lowest BCUT2D eigenvalue weighted by Crippen LogP contribution is -2.31. The van der Waals surface area contributed by atoms with Crippen LogP contribution in [-0.2, 0) is 20.8 Å². The van der Waals surface area contributed by atoms with Crippen LogP contribution < -0.4 is 5.32 Å². The first kappa shape index (κ1) is 20.5. The van der Waals surface area contributed by atoms with Gasteiger partial charge in [0.15, 0.2) is 11.5 Å². The number of hydrogen-bond donors (Lipinski definition) is 1. The minimum Gasteiger partial charge on any atom is -0.494 e. The van der Waals surface area contributed by atoms with Gasteiger partial charge in [0.2, 0.25) is 0 Å². The molecular formula is C25H35NO3. The van der Waals surface area contributed by atoms with Crippen molar-refractivity contribution in [3.05, 3.63) is 59.1 Å². The zero-order chi connectivity index (χ0) is 20.3. The van der Waals surface area contributed by atoms with Crippen molar-refractivity contribution in [1.29, 1.82) is 0 Å². The topological polar surface area (TPSA) is 39.7 Å². The van der Waals surface area contributed by atoms with Crippen LogP contribution >= 0.6 is 0 Å². The van der Waals surface area contributed by atoms with Gasteiger partial charge in [-0.2, -0.15) is 0 Å². The van der Waals surface area contributed by atoms with Crippen molar-refractivity contribution in [2.75, 3.05) is 27.3 Å². The molecule has 0 bridgehead atoms. The Morgan fingerprint density at radius 3 is 2.52 bits per heavy atom. The summed E-state index contributed by atoms with van der Waals surface area (Å²) < 4.78 is 18.0. The molecule has 0 amide bonds. The molecule has 4 heteroatoms. The van der Waals surface area contributed by atoms with E-state index in [1.165, 1.54) is 31.3 Å². The molecule has 2 atom stereocenters. The molecule has 2 fully saturated rings. The van der Waals surface area contributed by atoms with Gasteiger partial charge in [-0.25, -0.2) is 0 Å². The summed E-state index contributed by atoms with van der Waals surface area (Å²) in [5, 5.41) is 3.70. The Bertz CT molecular complexity index is 749. The molecule has 0 radical (unpaired) electrons. The molecule has 3 aliphatic rings. The quantitative estimate of drug-likeness (QED) is 0.648. The average molecular weight is 398 g/mol. The van der Waals surface area contributed by atoms with Crippen LogP contribution in [0.15, 0.2) is 53.5 Å². The molecule has 29 heavy (non-hydrogen) atoms. The smallest absolute Gasteiger partial charge is 0.170 e. The molecular weight excluding hydrogens is 362 g/mol. The fraction of sp³-hybridized carbons (Fsp3) is 0.600. The molecule has 1 N–H and O–H groups in total. The summed E-state index contributed by atoms with van der Waals surface area (Å²) >= 11 is 0. The van der Waals surface area contributed by atoms with Crippen LogP contribution in [0, 0.1) is 17.8 Å². The molecule has 0 aliphatic heterocycles. The van der Waals surface area contributed by atoms with Crippen LogP contribution in [0.2, 0.25) is 0 Å². The lowest BCUT2D eigenvalue weighted by Gasteiger charge is -2.29. The highest BCUT2D eigenvalue weighted by molar-refractivity contribution is 5.46. The minimum absolute atomic E-state index is 0.330. The van der Waals surface area contributed by atoms with Gasteiger partial charge >= 0.3 is 0 Å². The molecule has 3 aliphatic carbocycles. The molecule has 0 aromatic heterocycles. The second kappa shape index (κ2) is 8.93. The Kier molecular flexibility index (Phi) is 6.31. The fourth-order valence-electron chi connectivity index (χ4n) is 4.94. The summed E-state index contributed by atoms with van der Waals surface area (Å²) in [6.45, 7) is 4.81. The Morgan fingerprint density at radius 2 is 1.83 bits per heavy atom. The third kappa shape index (κ3) is 4.39. The van der Waals surface area contributed by atoms with Crippen LogP contribution in [0.25, 0.3) is 0 Å². The summed E-state index contributed by atoms with van der Waals surface area (Å²) in [4.78, 5) is 0. The Labute approximate surface area is 175 Å². The van der Waals surface area contributed by atoms with E-state index in [2.05, 4.69) is 30.4 Å². The second-order valence-electron chi connectivity index (χ2n) is 8.99. The Hall–Kier alpha value is -1.78. The number of methoxy groups -OCH3 is 2. The SMILES string of the molecule is COC1=C(OCc2ccccc2)C(CNCC2CCC(C)CC2)=CC2CC12OC. The first-order valence-corrected chi connectivity index (χ1v) is 11.1. The molecule has 4 rings (SSSR count). The standard InChI is InChI=1S/C25H35NO3/c1-18-9-11-19(12-10-18)15-26-16-21-13-22-14-25(22,28-3)24(27-2)23(21)29-17-20-7-5-4-6-8-20/h4-8,13,18-19,22,26H,9-12,14-17H2,1-3H3. The summed E-state index contributed by atoms with van der Waals surface area (Å²) in [5.41, 5.74) is 2.03. The van der Waals surface area contributed by atoms with E-state index < -0.39 is 0 Å². The van der Waals surface area contributed by atoms with E-state index in [4.69, 9.17) is 14.2 Å². The third-order valence-corrected chi connectivity index (χ3v) is 6.92. The maximum Gasteiger partial charge on any atom is 0.170 e. The lowest BCUT2D eigenvalue weighted by atomic mass is 9.83. The fourth-order valence-corrected chi connectivity index (χ4v) is 4.94. The molecule has 0 spiro atoms. The van der Waals surface area contributed by atoms with Gasteiger partial charge in [-0.3, -0.25) is 0 Å². The maximum atomic E-state index is 6.33. The van der Waals surface area contributed by atoms with Gasteiger partial charge in [0.05, 0.1) is 7.11 Å². The van der Waals surface area contributed by atoms with E-state index in [1.54, 1.807) is 14.2 Å². The Balaban J connectivity index is 1.43. The summed E-state index contributed by atoms with van der Waals surface area (Å²) in [6.07, 6.45) is 8.73. The van der Waals surface area contributed by atoms with E-state index >= 15 is 0 Å². The molecule has 2 unspecified atom stereocenters. The van der Waals surface area contributed by atoms with Crippen molar-refractivity contribution in [2.45, 2.75) is 51.2 Å². The van der Waals surface area contributed by atoms with Gasteiger partial charge in [-0.15, -0.1) is 0 Å². The van der Waals surface area contributed by atoms with Gasteiger partial charge in [0.25, 0.3) is 0 Å². The van der Waals surface area contributed by atoms with Gasteiger partial charge < -0.3 is 19.5 Å². The molecule has 1 aromatic carbocycles. The average Bonchev–Trinajstić information content (AvgIpc) is 3.48. The summed E-state index contributed by atoms with van der Waals surface area (Å²) in [5.74, 6) is 3.80. The van der Waals surface area contributed by atoms with Crippen LogP contribution in [0.3, 0.4) is 0 Å². The van der Waals surface area contributed by atoms with Crippen molar-refractivity contribution in [3.8, 4) is 0 Å². The first-order chi connectivity index (χ1) is 14.2. The van der Waals surface area contributed by atoms with E-state index in [9.17, 15) is 0 Å². The van der Waals surface area contributed by atoms with Crippen molar-refractivity contribution in [1.82, 2.24) is 5.32 Å². The molecule has 0 heterocycles. The van der Waals surface area contributed by atoms with Gasteiger partial charge in [0.1, 0.15) is 12.2 Å². The van der Waals surface area contributed by atoms with Crippen LogP contribution in [-0.4, -0.2) is 32.9 Å². The number of benzene rings is 1. The molecule has 0 saturated heterocycles. The third-order valence-electron chi connectivity index (χ3n) is 6.92. The normalized spacial score (nSPS) is 31.1. The van der Waals surface area contributed by atoms with Gasteiger partial charge in [-0.1, -0.05) is 56.2 Å². The van der Waals surface area contributed by atoms with Crippen molar-refractivity contribution in [2.24, 2.45) is 17.8 Å². The van der Waals surface area contributed by atoms with E-state index in [0.717, 1.165) is 48.4 Å². The Morgan fingerprint density at radius 1 is 1.07 bits per heavy atom. The van der Waals surface area contributed by atoms with Crippen molar-refractivity contribution < 1.29 is 14.2 Å². The number of ether oxygens (including phenoxy) is 3.